The van der Waals surface area contributed by atoms with Gasteiger partial charge in [0.2, 0.25) is 0 Å². The zero-order valence-corrected chi connectivity index (χ0v) is 10.2. The molecule has 84 valence electrons. The van der Waals surface area contributed by atoms with E-state index >= 15 is 0 Å². The second-order valence-electron chi connectivity index (χ2n) is 4.52. The number of hydrogen-bond acceptors (Lipinski definition) is 1. The molecule has 0 aromatic heterocycles. The zero-order chi connectivity index (χ0) is 11.5. The summed E-state index contributed by atoms with van der Waals surface area (Å²) in [5, 5.41) is 3.36. The quantitative estimate of drug-likeness (QED) is 0.795. The van der Waals surface area contributed by atoms with Crippen LogP contribution in [0.25, 0.3) is 0 Å². The van der Waals surface area contributed by atoms with Crippen LogP contribution in [0.5, 0.6) is 0 Å². The number of benzene rings is 1. The topological polar surface area (TPSA) is 12.0 Å². The van der Waals surface area contributed by atoms with E-state index in [-0.39, 0.29) is 0 Å². The van der Waals surface area contributed by atoms with Gasteiger partial charge in [-0.3, -0.25) is 0 Å². The smallest absolute Gasteiger partial charge is 0.0354 e. The summed E-state index contributed by atoms with van der Waals surface area (Å²) in [4.78, 5) is 0. The molecule has 1 aromatic carbocycles. The fraction of sp³-hybridized carbons (Fsp3) is 0.333. The molecule has 1 heteroatoms. The van der Waals surface area contributed by atoms with Gasteiger partial charge in [0.1, 0.15) is 0 Å². The Balaban J connectivity index is 2.31. The molecule has 1 N–H and O–H groups in total. The van der Waals surface area contributed by atoms with Gasteiger partial charge in [-0.2, -0.15) is 0 Å². The SMILES string of the molecule is CNC1C=CC(C)=CC1c1ccc(C)cc1. The Morgan fingerprint density at radius 2 is 1.75 bits per heavy atom. The summed E-state index contributed by atoms with van der Waals surface area (Å²) in [5.41, 5.74) is 4.04. The monoisotopic (exact) mass is 213 g/mol. The van der Waals surface area contributed by atoms with Crippen molar-refractivity contribution < 1.29 is 0 Å². The van der Waals surface area contributed by atoms with Gasteiger partial charge in [-0.25, -0.2) is 0 Å². The second kappa shape index (κ2) is 4.67. The first-order valence-corrected chi connectivity index (χ1v) is 5.81. The summed E-state index contributed by atoms with van der Waals surface area (Å²) >= 11 is 0. The third-order valence-electron chi connectivity index (χ3n) is 3.19. The number of aryl methyl sites for hydroxylation is 1. The normalized spacial score (nSPS) is 24.3. The first-order chi connectivity index (χ1) is 7.70. The van der Waals surface area contributed by atoms with E-state index in [1.165, 1.54) is 16.7 Å². The predicted molar refractivity (Wildman–Crippen MR) is 69.7 cm³/mol. The van der Waals surface area contributed by atoms with Crippen LogP contribution >= 0.6 is 0 Å². The average Bonchev–Trinajstić information content (AvgIpc) is 2.30. The Morgan fingerprint density at radius 1 is 1.06 bits per heavy atom. The maximum Gasteiger partial charge on any atom is 0.0354 e. The highest BCUT2D eigenvalue weighted by atomic mass is 14.9. The molecule has 0 amide bonds. The lowest BCUT2D eigenvalue weighted by atomic mass is 9.86. The summed E-state index contributed by atoms with van der Waals surface area (Å²) in [5.74, 6) is 0.454. The van der Waals surface area contributed by atoms with Crippen molar-refractivity contribution in [3.8, 4) is 0 Å². The van der Waals surface area contributed by atoms with Crippen molar-refractivity contribution >= 4 is 0 Å². The number of likely N-dealkylation sites (N-methyl/N-ethyl adjacent to an activating group) is 1. The van der Waals surface area contributed by atoms with Crippen molar-refractivity contribution in [3.63, 3.8) is 0 Å². The zero-order valence-electron chi connectivity index (χ0n) is 10.2. The summed E-state index contributed by atoms with van der Waals surface area (Å²) < 4.78 is 0. The molecule has 2 rings (SSSR count). The van der Waals surface area contributed by atoms with E-state index in [0.717, 1.165) is 0 Å². The summed E-state index contributed by atoms with van der Waals surface area (Å²) in [6.07, 6.45) is 6.78. The molecule has 1 aliphatic rings. The molecule has 0 heterocycles. The minimum atomic E-state index is 0.409. The lowest BCUT2D eigenvalue weighted by Gasteiger charge is -2.25. The first-order valence-electron chi connectivity index (χ1n) is 5.81. The molecular formula is C15H19N. The molecule has 1 aliphatic carbocycles. The summed E-state index contributed by atoms with van der Waals surface area (Å²) in [6, 6.07) is 9.24. The van der Waals surface area contributed by atoms with Crippen LogP contribution in [0.3, 0.4) is 0 Å². The van der Waals surface area contributed by atoms with Gasteiger partial charge in [0.15, 0.2) is 0 Å². The highest BCUT2D eigenvalue weighted by Gasteiger charge is 2.19. The van der Waals surface area contributed by atoms with Crippen molar-refractivity contribution in [3.05, 3.63) is 59.2 Å². The predicted octanol–water partition coefficient (Wildman–Crippen LogP) is 3.18. The van der Waals surface area contributed by atoms with E-state index in [1.54, 1.807) is 0 Å². The molecule has 16 heavy (non-hydrogen) atoms. The van der Waals surface area contributed by atoms with Crippen molar-refractivity contribution in [1.82, 2.24) is 5.32 Å². The van der Waals surface area contributed by atoms with E-state index < -0.39 is 0 Å². The number of rotatable bonds is 2. The van der Waals surface area contributed by atoms with Crippen LogP contribution in [-0.2, 0) is 0 Å². The number of nitrogens with one attached hydrogen (secondary N) is 1. The maximum atomic E-state index is 3.36. The highest BCUT2D eigenvalue weighted by molar-refractivity contribution is 5.37. The molecule has 0 saturated heterocycles. The molecule has 2 unspecified atom stereocenters. The van der Waals surface area contributed by atoms with Gasteiger partial charge in [0.25, 0.3) is 0 Å². The Morgan fingerprint density at radius 3 is 2.38 bits per heavy atom. The van der Waals surface area contributed by atoms with E-state index in [2.05, 4.69) is 61.7 Å². The molecule has 1 aromatic rings. The van der Waals surface area contributed by atoms with Gasteiger partial charge >= 0.3 is 0 Å². The molecule has 0 bridgehead atoms. The minimum Gasteiger partial charge on any atom is -0.313 e. The number of hydrogen-bond donors (Lipinski definition) is 1. The van der Waals surface area contributed by atoms with E-state index in [4.69, 9.17) is 0 Å². The Bertz CT molecular complexity index is 412. The molecule has 0 fully saturated rings. The Kier molecular flexibility index (Phi) is 3.25. The van der Waals surface area contributed by atoms with Crippen LogP contribution in [0.15, 0.2) is 48.1 Å². The molecule has 0 saturated carbocycles. The van der Waals surface area contributed by atoms with Crippen molar-refractivity contribution in [2.45, 2.75) is 25.8 Å². The van der Waals surface area contributed by atoms with Gasteiger partial charge in [-0.1, -0.05) is 53.6 Å². The van der Waals surface area contributed by atoms with Crippen molar-refractivity contribution in [2.75, 3.05) is 7.05 Å². The third kappa shape index (κ3) is 2.25. The second-order valence-corrected chi connectivity index (χ2v) is 4.52. The lowest BCUT2D eigenvalue weighted by Crippen LogP contribution is -2.30. The van der Waals surface area contributed by atoms with Crippen LogP contribution in [0, 0.1) is 6.92 Å². The van der Waals surface area contributed by atoms with E-state index in [0.29, 0.717) is 12.0 Å². The van der Waals surface area contributed by atoms with Gasteiger partial charge < -0.3 is 5.32 Å². The Hall–Kier alpha value is -1.34. The molecule has 0 radical (unpaired) electrons. The van der Waals surface area contributed by atoms with Crippen LogP contribution in [-0.4, -0.2) is 13.1 Å². The standard InChI is InChI=1S/C15H19N/c1-11-4-7-13(8-5-11)14-10-12(2)6-9-15(14)16-3/h4-10,14-16H,1-3H3. The van der Waals surface area contributed by atoms with E-state index in [9.17, 15) is 0 Å². The molecule has 1 nitrogen and oxygen atoms in total. The van der Waals surface area contributed by atoms with Gasteiger partial charge in [-0.15, -0.1) is 0 Å². The van der Waals surface area contributed by atoms with Crippen LogP contribution in [0.2, 0.25) is 0 Å². The fourth-order valence-corrected chi connectivity index (χ4v) is 2.19. The fourth-order valence-electron chi connectivity index (χ4n) is 2.19. The van der Waals surface area contributed by atoms with Crippen LogP contribution in [0.1, 0.15) is 24.0 Å². The van der Waals surface area contributed by atoms with Crippen LogP contribution < -0.4 is 5.32 Å². The van der Waals surface area contributed by atoms with Gasteiger partial charge in [0, 0.05) is 12.0 Å². The van der Waals surface area contributed by atoms with Gasteiger partial charge in [-0.05, 0) is 26.5 Å². The molecule has 0 spiro atoms. The van der Waals surface area contributed by atoms with Crippen molar-refractivity contribution in [1.29, 1.82) is 0 Å². The molecule has 2 atom stereocenters. The minimum absolute atomic E-state index is 0.409. The first kappa shape index (κ1) is 11.2. The van der Waals surface area contributed by atoms with Gasteiger partial charge in [0.05, 0.1) is 0 Å². The lowest BCUT2D eigenvalue weighted by molar-refractivity contribution is 0.600. The summed E-state index contributed by atoms with van der Waals surface area (Å²) in [7, 11) is 2.02. The van der Waals surface area contributed by atoms with Crippen molar-refractivity contribution in [2.24, 2.45) is 0 Å². The van der Waals surface area contributed by atoms with E-state index in [1.807, 2.05) is 7.05 Å². The largest absolute Gasteiger partial charge is 0.313 e. The Labute approximate surface area is 97.9 Å². The third-order valence-corrected chi connectivity index (χ3v) is 3.19. The maximum absolute atomic E-state index is 3.36. The summed E-state index contributed by atoms with van der Waals surface area (Å²) in [6.45, 7) is 4.28. The van der Waals surface area contributed by atoms with Crippen LogP contribution in [0.4, 0.5) is 0 Å². The molecule has 0 aliphatic heterocycles. The average molecular weight is 213 g/mol. The molecular weight excluding hydrogens is 194 g/mol. The highest BCUT2D eigenvalue weighted by Crippen LogP contribution is 2.27. The number of allylic oxidation sites excluding steroid dienone is 2.